The number of carbonyl (C=O) groups excluding carboxylic acids is 1. The van der Waals surface area contributed by atoms with E-state index < -0.39 is 12.0 Å². The average Bonchev–Trinajstić information content (AvgIpc) is 2.67. The molecule has 3 atom stereocenters. The molecule has 0 radical (unpaired) electrons. The highest BCUT2D eigenvalue weighted by atomic mass is 16.4. The molecule has 3 N–H and O–H groups in total. The Morgan fingerprint density at radius 2 is 2.00 bits per heavy atom. The Kier molecular flexibility index (Phi) is 5.39. The summed E-state index contributed by atoms with van der Waals surface area (Å²) in [6, 6.07) is -0.905. The number of aliphatic hydroxyl groups is 1. The number of carbonyl (C=O) groups is 2. The van der Waals surface area contributed by atoms with E-state index in [0.717, 1.165) is 6.42 Å². The topological polar surface area (TPSA) is 89.9 Å². The molecule has 6 heteroatoms. The quantitative estimate of drug-likeness (QED) is 0.726. The molecule has 1 saturated heterocycles. The van der Waals surface area contributed by atoms with Crippen molar-refractivity contribution in [2.24, 2.45) is 11.3 Å². The van der Waals surface area contributed by atoms with Crippen LogP contribution in [-0.2, 0) is 4.79 Å². The van der Waals surface area contributed by atoms with Crippen molar-refractivity contribution in [2.75, 3.05) is 13.2 Å². The molecule has 1 fully saturated rings. The summed E-state index contributed by atoms with van der Waals surface area (Å²) >= 11 is 0. The minimum atomic E-state index is -0.932. The molecule has 1 aliphatic heterocycles. The normalized spacial score (nSPS) is 24.6. The number of aliphatic carboxylic acids is 1. The van der Waals surface area contributed by atoms with E-state index in [0.29, 0.717) is 6.54 Å². The van der Waals surface area contributed by atoms with E-state index in [1.807, 2.05) is 27.7 Å². The maximum Gasteiger partial charge on any atom is 0.317 e. The SMILES string of the molecule is CC1CCN(C(=O)NC(CC(=O)O)C(C)(C)C)C1CO. The maximum absolute atomic E-state index is 12.3. The van der Waals surface area contributed by atoms with E-state index in [4.69, 9.17) is 5.11 Å². The molecular formula is C14H26N2O4. The molecule has 1 rings (SSSR count). The zero-order chi connectivity index (χ0) is 15.5. The Hall–Kier alpha value is -1.30. The number of hydrogen-bond acceptors (Lipinski definition) is 3. The first-order valence-corrected chi connectivity index (χ1v) is 7.06. The highest BCUT2D eigenvalue weighted by Crippen LogP contribution is 2.26. The van der Waals surface area contributed by atoms with Crippen LogP contribution in [-0.4, -0.2) is 52.3 Å². The molecule has 20 heavy (non-hydrogen) atoms. The van der Waals surface area contributed by atoms with Gasteiger partial charge in [-0.05, 0) is 17.8 Å². The van der Waals surface area contributed by atoms with Gasteiger partial charge in [0.1, 0.15) is 0 Å². The summed E-state index contributed by atoms with van der Waals surface area (Å²) in [5.74, 6) is -0.669. The number of amides is 2. The molecule has 0 spiro atoms. The third-order valence-electron chi connectivity index (χ3n) is 4.05. The Bertz CT molecular complexity index is 365. The molecule has 0 aromatic heterocycles. The number of hydrogen-bond donors (Lipinski definition) is 3. The van der Waals surface area contributed by atoms with Gasteiger partial charge in [-0.1, -0.05) is 27.7 Å². The minimum Gasteiger partial charge on any atom is -0.481 e. The van der Waals surface area contributed by atoms with Crippen molar-refractivity contribution in [1.82, 2.24) is 10.2 Å². The Labute approximate surface area is 120 Å². The van der Waals surface area contributed by atoms with E-state index >= 15 is 0 Å². The molecule has 1 heterocycles. The van der Waals surface area contributed by atoms with Crippen LogP contribution in [0, 0.1) is 11.3 Å². The number of aliphatic hydroxyl groups excluding tert-OH is 1. The number of nitrogens with zero attached hydrogens (tertiary/aromatic N) is 1. The number of rotatable bonds is 4. The summed E-state index contributed by atoms with van der Waals surface area (Å²) in [5.41, 5.74) is -0.339. The predicted molar refractivity (Wildman–Crippen MR) is 75.4 cm³/mol. The van der Waals surface area contributed by atoms with E-state index in [2.05, 4.69) is 5.32 Å². The van der Waals surface area contributed by atoms with Crippen molar-refractivity contribution in [3.05, 3.63) is 0 Å². The van der Waals surface area contributed by atoms with Gasteiger partial charge in [-0.15, -0.1) is 0 Å². The summed E-state index contributed by atoms with van der Waals surface area (Å²) in [5, 5.41) is 21.2. The molecule has 0 aromatic rings. The molecule has 6 nitrogen and oxygen atoms in total. The summed E-state index contributed by atoms with van der Waals surface area (Å²) in [4.78, 5) is 24.9. The van der Waals surface area contributed by atoms with Crippen LogP contribution in [0.5, 0.6) is 0 Å². The van der Waals surface area contributed by atoms with Gasteiger partial charge in [0.05, 0.1) is 19.1 Å². The van der Waals surface area contributed by atoms with E-state index in [9.17, 15) is 14.7 Å². The van der Waals surface area contributed by atoms with Crippen LogP contribution >= 0.6 is 0 Å². The highest BCUT2D eigenvalue weighted by molar-refractivity contribution is 5.76. The monoisotopic (exact) mass is 286 g/mol. The highest BCUT2D eigenvalue weighted by Gasteiger charge is 2.36. The first-order chi connectivity index (χ1) is 9.16. The second-order valence-electron chi connectivity index (χ2n) is 6.68. The Morgan fingerprint density at radius 3 is 2.45 bits per heavy atom. The van der Waals surface area contributed by atoms with Crippen molar-refractivity contribution in [3.8, 4) is 0 Å². The van der Waals surface area contributed by atoms with Crippen LogP contribution in [0.25, 0.3) is 0 Å². The molecule has 116 valence electrons. The van der Waals surface area contributed by atoms with Gasteiger partial charge in [-0.3, -0.25) is 4.79 Å². The van der Waals surface area contributed by atoms with Gasteiger partial charge in [-0.25, -0.2) is 4.79 Å². The molecule has 0 bridgehead atoms. The Balaban J connectivity index is 2.73. The molecule has 1 aliphatic rings. The smallest absolute Gasteiger partial charge is 0.317 e. The van der Waals surface area contributed by atoms with Gasteiger partial charge in [0.2, 0.25) is 0 Å². The van der Waals surface area contributed by atoms with Crippen LogP contribution in [0.4, 0.5) is 4.79 Å². The van der Waals surface area contributed by atoms with Crippen LogP contribution < -0.4 is 5.32 Å². The van der Waals surface area contributed by atoms with Gasteiger partial charge in [0, 0.05) is 12.6 Å². The summed E-state index contributed by atoms with van der Waals surface area (Å²) in [6.45, 7) is 8.24. The molecule has 2 amide bonds. The first kappa shape index (κ1) is 16.8. The number of carboxylic acids is 1. The summed E-state index contributed by atoms with van der Waals surface area (Å²) in [7, 11) is 0. The zero-order valence-corrected chi connectivity index (χ0v) is 12.7. The molecular weight excluding hydrogens is 260 g/mol. The van der Waals surface area contributed by atoms with Crippen molar-refractivity contribution < 1.29 is 19.8 Å². The third kappa shape index (κ3) is 4.10. The fourth-order valence-electron chi connectivity index (χ4n) is 2.52. The molecule has 0 saturated carbocycles. The number of likely N-dealkylation sites (tertiary alicyclic amines) is 1. The fraction of sp³-hybridized carbons (Fsp3) is 0.857. The van der Waals surface area contributed by atoms with Crippen LogP contribution in [0.3, 0.4) is 0 Å². The molecule has 3 unspecified atom stereocenters. The number of nitrogens with one attached hydrogen (secondary N) is 1. The summed E-state index contributed by atoms with van der Waals surface area (Å²) in [6.07, 6.45) is 0.750. The summed E-state index contributed by atoms with van der Waals surface area (Å²) < 4.78 is 0. The Morgan fingerprint density at radius 1 is 1.40 bits per heavy atom. The van der Waals surface area contributed by atoms with Crippen molar-refractivity contribution in [1.29, 1.82) is 0 Å². The van der Waals surface area contributed by atoms with Crippen molar-refractivity contribution in [2.45, 2.75) is 52.6 Å². The lowest BCUT2D eigenvalue weighted by Gasteiger charge is -2.33. The number of carboxylic acid groups (broad SMARTS) is 1. The molecule has 0 aromatic carbocycles. The lowest BCUT2D eigenvalue weighted by atomic mass is 9.85. The van der Waals surface area contributed by atoms with Crippen LogP contribution in [0.2, 0.25) is 0 Å². The lowest BCUT2D eigenvalue weighted by molar-refractivity contribution is -0.138. The standard InChI is InChI=1S/C14H26N2O4/c1-9-5-6-16(10(9)8-17)13(20)15-11(7-12(18)19)14(2,3)4/h9-11,17H,5-8H2,1-4H3,(H,15,20)(H,18,19). The van der Waals surface area contributed by atoms with Crippen molar-refractivity contribution >= 4 is 12.0 Å². The zero-order valence-electron chi connectivity index (χ0n) is 12.7. The first-order valence-electron chi connectivity index (χ1n) is 7.06. The maximum atomic E-state index is 12.3. The number of urea groups is 1. The predicted octanol–water partition coefficient (Wildman–Crippen LogP) is 1.29. The minimum absolute atomic E-state index is 0.0618. The largest absolute Gasteiger partial charge is 0.481 e. The van der Waals surface area contributed by atoms with Gasteiger partial charge in [-0.2, -0.15) is 0 Å². The molecule has 0 aliphatic carbocycles. The second kappa shape index (κ2) is 6.43. The van der Waals surface area contributed by atoms with Crippen molar-refractivity contribution in [3.63, 3.8) is 0 Å². The van der Waals surface area contributed by atoms with E-state index in [-0.39, 0.29) is 36.4 Å². The van der Waals surface area contributed by atoms with Gasteiger partial charge >= 0.3 is 12.0 Å². The van der Waals surface area contributed by atoms with Gasteiger partial charge < -0.3 is 20.4 Å². The van der Waals surface area contributed by atoms with Gasteiger partial charge in [0.15, 0.2) is 0 Å². The lowest BCUT2D eigenvalue weighted by Crippen LogP contribution is -2.52. The van der Waals surface area contributed by atoms with Crippen LogP contribution in [0.15, 0.2) is 0 Å². The third-order valence-corrected chi connectivity index (χ3v) is 4.05. The average molecular weight is 286 g/mol. The van der Waals surface area contributed by atoms with E-state index in [1.165, 1.54) is 0 Å². The van der Waals surface area contributed by atoms with Crippen LogP contribution in [0.1, 0.15) is 40.5 Å². The van der Waals surface area contributed by atoms with Gasteiger partial charge in [0.25, 0.3) is 0 Å². The van der Waals surface area contributed by atoms with E-state index in [1.54, 1.807) is 4.90 Å². The second-order valence-corrected chi connectivity index (χ2v) is 6.68. The fourth-order valence-corrected chi connectivity index (χ4v) is 2.52.